The van der Waals surface area contributed by atoms with Crippen molar-refractivity contribution in [3.8, 4) is 11.3 Å². The minimum atomic E-state index is -0.502. The molecule has 0 spiro atoms. The number of aromatic nitrogens is 2. The molecule has 3 rings (SSSR count). The van der Waals surface area contributed by atoms with Gasteiger partial charge in [-0.2, -0.15) is 4.39 Å². The normalized spacial score (nSPS) is 13.5. The summed E-state index contributed by atoms with van der Waals surface area (Å²) in [5.41, 5.74) is 16.9. The van der Waals surface area contributed by atoms with Crippen LogP contribution in [0.15, 0.2) is 41.5 Å². The van der Waals surface area contributed by atoms with E-state index in [9.17, 15) is 4.39 Å². The van der Waals surface area contributed by atoms with Crippen molar-refractivity contribution < 1.29 is 4.39 Å². The fraction of sp³-hybridized carbons (Fsp3) is 0.441. The number of anilines is 1. The van der Waals surface area contributed by atoms with Gasteiger partial charge in [-0.3, -0.25) is 9.98 Å². The van der Waals surface area contributed by atoms with Crippen molar-refractivity contribution in [3.63, 3.8) is 0 Å². The van der Waals surface area contributed by atoms with Gasteiger partial charge in [0.05, 0.1) is 13.5 Å². The number of pyridine rings is 2. The minimum Gasteiger partial charge on any atom is -0.398 e. The number of hydrogen-bond donors (Lipinski definition) is 2. The molecule has 2 unspecified atom stereocenters. The number of allylic oxidation sites excluding steroid dienone is 1. The molecule has 0 amide bonds. The number of benzene rings is 1. The molecule has 2 heterocycles. The van der Waals surface area contributed by atoms with Crippen LogP contribution in [-0.2, 0) is 0 Å². The fourth-order valence-electron chi connectivity index (χ4n) is 5.15. The number of nitrogens with zero attached hydrogens (tertiary/aromatic N) is 3. The smallest absolute Gasteiger partial charge is 0.213 e. The molecule has 0 saturated heterocycles. The Balaban J connectivity index is 2.02. The van der Waals surface area contributed by atoms with E-state index in [-0.39, 0.29) is 5.92 Å². The van der Waals surface area contributed by atoms with Gasteiger partial charge < -0.3 is 11.1 Å². The molecule has 41 heavy (non-hydrogen) atoms. The topological polar surface area (TPSA) is 76.2 Å². The van der Waals surface area contributed by atoms with Crippen LogP contribution in [0.1, 0.15) is 97.9 Å². The standard InChI is InChI=1S/C34H45BFN5/c1-8-13-38-19-27-15-26(14-22(5)33(27)37)30(10-3)39-20-25(11-12-35)31-16-28(21(4)9-2)24(7)34(41-31)29-17-32(36)40-18-23(29)6/h10,14-19,21,25,39H,8-9,11-13,20,37H2,1-7H3/b30-10-,38-19?. The molecule has 7 heteroatoms. The number of nitrogens with two attached hydrogens (primary N) is 1. The zero-order chi connectivity index (χ0) is 30.1. The van der Waals surface area contributed by atoms with Crippen molar-refractivity contribution in [3.05, 3.63) is 81.6 Å². The summed E-state index contributed by atoms with van der Waals surface area (Å²) >= 11 is 0. The zero-order valence-corrected chi connectivity index (χ0v) is 25.8. The average Bonchev–Trinajstić information content (AvgIpc) is 2.96. The van der Waals surface area contributed by atoms with E-state index < -0.39 is 5.95 Å². The first-order valence-corrected chi connectivity index (χ1v) is 14.8. The maximum absolute atomic E-state index is 14.3. The van der Waals surface area contributed by atoms with Gasteiger partial charge in [0.15, 0.2) is 0 Å². The Kier molecular flexibility index (Phi) is 11.7. The van der Waals surface area contributed by atoms with Gasteiger partial charge in [0, 0.05) is 65.7 Å². The molecule has 0 aliphatic rings. The molecular formula is C34H45BFN5. The number of rotatable bonds is 13. The lowest BCUT2D eigenvalue weighted by Crippen LogP contribution is -2.22. The van der Waals surface area contributed by atoms with Crippen molar-refractivity contribution in [2.45, 2.75) is 85.9 Å². The highest BCUT2D eigenvalue weighted by Gasteiger charge is 2.21. The van der Waals surface area contributed by atoms with Crippen LogP contribution < -0.4 is 11.1 Å². The Morgan fingerprint density at radius 1 is 1.15 bits per heavy atom. The molecule has 2 aromatic heterocycles. The lowest BCUT2D eigenvalue weighted by Gasteiger charge is -2.24. The van der Waals surface area contributed by atoms with E-state index >= 15 is 0 Å². The summed E-state index contributed by atoms with van der Waals surface area (Å²) in [5, 5.41) is 3.68. The van der Waals surface area contributed by atoms with Crippen LogP contribution in [-0.4, -0.2) is 37.1 Å². The third kappa shape index (κ3) is 7.84. The number of halogens is 1. The molecule has 0 aliphatic heterocycles. The van der Waals surface area contributed by atoms with Crippen molar-refractivity contribution in [1.82, 2.24) is 15.3 Å². The number of nitrogen functional groups attached to an aromatic ring is 1. The molecule has 3 aromatic rings. The van der Waals surface area contributed by atoms with E-state index in [0.717, 1.165) is 82.0 Å². The van der Waals surface area contributed by atoms with Crippen molar-refractivity contribution >= 4 is 25.4 Å². The number of aryl methyl sites for hydroxylation is 2. The summed E-state index contributed by atoms with van der Waals surface area (Å²) in [6.07, 6.45) is 8.81. The third-order valence-electron chi connectivity index (χ3n) is 7.87. The summed E-state index contributed by atoms with van der Waals surface area (Å²) in [4.78, 5) is 13.5. The van der Waals surface area contributed by atoms with Gasteiger partial charge in [0.25, 0.3) is 0 Å². The van der Waals surface area contributed by atoms with Gasteiger partial charge in [-0.25, -0.2) is 4.98 Å². The molecular weight excluding hydrogens is 508 g/mol. The average molecular weight is 554 g/mol. The van der Waals surface area contributed by atoms with Crippen LogP contribution in [0.4, 0.5) is 10.1 Å². The van der Waals surface area contributed by atoms with E-state index in [4.69, 9.17) is 18.6 Å². The quantitative estimate of drug-likeness (QED) is 0.0979. The Morgan fingerprint density at radius 3 is 2.56 bits per heavy atom. The molecule has 1 aromatic carbocycles. The van der Waals surface area contributed by atoms with Crippen LogP contribution in [0.5, 0.6) is 0 Å². The molecule has 0 fully saturated rings. The Morgan fingerprint density at radius 2 is 1.90 bits per heavy atom. The molecule has 2 atom stereocenters. The van der Waals surface area contributed by atoms with Crippen LogP contribution in [0.25, 0.3) is 17.0 Å². The predicted octanol–water partition coefficient (Wildman–Crippen LogP) is 7.84. The SMILES string of the molecule is [B]CCC(CN/C(=C\C)c1cc(C)c(N)c(C=NCCC)c1)c1cc(C(C)CC)c(C)c(-c2cc(F)ncc2C)n1. The van der Waals surface area contributed by atoms with Gasteiger partial charge in [-0.1, -0.05) is 39.6 Å². The van der Waals surface area contributed by atoms with Crippen LogP contribution in [0.2, 0.25) is 6.32 Å². The number of nitrogens with one attached hydrogen (secondary N) is 1. The first kappa shape index (κ1) is 32.0. The first-order valence-electron chi connectivity index (χ1n) is 14.8. The third-order valence-corrected chi connectivity index (χ3v) is 7.87. The summed E-state index contributed by atoms with van der Waals surface area (Å²) in [6.45, 7) is 16.0. The minimum absolute atomic E-state index is 0.0598. The van der Waals surface area contributed by atoms with Crippen LogP contribution >= 0.6 is 0 Å². The van der Waals surface area contributed by atoms with E-state index in [0.29, 0.717) is 18.8 Å². The fourth-order valence-corrected chi connectivity index (χ4v) is 5.15. The monoisotopic (exact) mass is 553 g/mol. The molecule has 0 aliphatic carbocycles. The lowest BCUT2D eigenvalue weighted by atomic mass is 9.86. The number of aliphatic imine (C=N–C) groups is 1. The van der Waals surface area contributed by atoms with E-state index in [1.165, 1.54) is 11.6 Å². The highest BCUT2D eigenvalue weighted by atomic mass is 19.1. The molecule has 5 nitrogen and oxygen atoms in total. The van der Waals surface area contributed by atoms with Crippen LogP contribution in [0, 0.1) is 26.7 Å². The second kappa shape index (κ2) is 15.0. The first-order chi connectivity index (χ1) is 19.6. The highest BCUT2D eigenvalue weighted by molar-refractivity contribution is 6.08. The molecule has 3 N–H and O–H groups in total. The van der Waals surface area contributed by atoms with Gasteiger partial charge in [-0.15, -0.1) is 0 Å². The summed E-state index contributed by atoms with van der Waals surface area (Å²) in [6, 6.07) is 7.92. The summed E-state index contributed by atoms with van der Waals surface area (Å²) in [5.74, 6) is -0.103. The van der Waals surface area contributed by atoms with Crippen molar-refractivity contribution in [1.29, 1.82) is 0 Å². The highest BCUT2D eigenvalue weighted by Crippen LogP contribution is 2.35. The second-order valence-electron chi connectivity index (χ2n) is 10.9. The number of hydrogen-bond acceptors (Lipinski definition) is 5. The largest absolute Gasteiger partial charge is 0.398 e. The van der Waals surface area contributed by atoms with Gasteiger partial charge >= 0.3 is 0 Å². The maximum Gasteiger partial charge on any atom is 0.213 e. The zero-order valence-electron chi connectivity index (χ0n) is 25.8. The lowest BCUT2D eigenvalue weighted by molar-refractivity contribution is 0.583. The van der Waals surface area contributed by atoms with Gasteiger partial charge in [0.1, 0.15) is 0 Å². The van der Waals surface area contributed by atoms with Gasteiger partial charge in [0.2, 0.25) is 5.95 Å². The van der Waals surface area contributed by atoms with Crippen molar-refractivity contribution in [2.24, 2.45) is 4.99 Å². The van der Waals surface area contributed by atoms with E-state index in [1.807, 2.05) is 27.0 Å². The second-order valence-corrected chi connectivity index (χ2v) is 10.9. The Bertz CT molecular complexity index is 1400. The molecule has 216 valence electrons. The van der Waals surface area contributed by atoms with Crippen LogP contribution in [0.3, 0.4) is 0 Å². The van der Waals surface area contributed by atoms with Crippen molar-refractivity contribution in [2.75, 3.05) is 18.8 Å². The predicted molar refractivity (Wildman–Crippen MR) is 174 cm³/mol. The van der Waals surface area contributed by atoms with Gasteiger partial charge in [-0.05, 0) is 92.5 Å². The molecule has 0 saturated carbocycles. The summed E-state index contributed by atoms with van der Waals surface area (Å²) in [7, 11) is 6.12. The molecule has 0 bridgehead atoms. The summed E-state index contributed by atoms with van der Waals surface area (Å²) < 4.78 is 14.3. The maximum atomic E-state index is 14.3. The van der Waals surface area contributed by atoms with E-state index in [1.54, 1.807) is 6.20 Å². The molecule has 2 radical (unpaired) electrons. The Labute approximate surface area is 247 Å². The van der Waals surface area contributed by atoms with E-state index in [2.05, 4.69) is 67.3 Å². The Hall–Kier alpha value is -3.48.